The zero-order chi connectivity index (χ0) is 10.0. The molecule has 0 fully saturated rings. The minimum Gasteiger partial charge on any atom is -0.508 e. The molecule has 0 atom stereocenters. The van der Waals surface area contributed by atoms with Gasteiger partial charge < -0.3 is 10.2 Å². The van der Waals surface area contributed by atoms with Crippen molar-refractivity contribution < 1.29 is 10.2 Å². The van der Waals surface area contributed by atoms with Crippen LogP contribution in [-0.2, 0) is 6.61 Å². The molecule has 0 saturated heterocycles. The van der Waals surface area contributed by atoms with E-state index in [2.05, 4.69) is 0 Å². The summed E-state index contributed by atoms with van der Waals surface area (Å²) in [5, 5.41) is 18.9. The first-order chi connectivity index (χ1) is 6.06. The molecule has 2 N–H and O–H groups in total. The van der Waals surface area contributed by atoms with Crippen LogP contribution in [0.5, 0.6) is 5.75 Å². The highest BCUT2D eigenvalue weighted by Gasteiger charge is 2.09. The molecule has 0 radical (unpaired) electrons. The number of hydrogen-bond donors (Lipinski definition) is 2. The molecular weight excluding hydrogens is 188 g/mol. The maximum Gasteiger partial charge on any atom is 0.121 e. The van der Waals surface area contributed by atoms with E-state index in [4.69, 9.17) is 16.7 Å². The van der Waals surface area contributed by atoms with Gasteiger partial charge in [0.25, 0.3) is 0 Å². The lowest BCUT2D eigenvalue weighted by Crippen LogP contribution is -1.92. The molecule has 0 aliphatic carbocycles. The second kappa shape index (κ2) is 3.99. The van der Waals surface area contributed by atoms with Gasteiger partial charge in [-0.05, 0) is 23.6 Å². The van der Waals surface area contributed by atoms with Gasteiger partial charge >= 0.3 is 0 Å². The summed E-state index contributed by atoms with van der Waals surface area (Å²) < 4.78 is 0. The first-order valence-electron chi connectivity index (χ1n) is 4.18. The van der Waals surface area contributed by atoms with Gasteiger partial charge in [0, 0.05) is 10.6 Å². The Morgan fingerprint density at radius 2 is 2.00 bits per heavy atom. The number of rotatable bonds is 2. The Morgan fingerprint density at radius 1 is 1.38 bits per heavy atom. The molecule has 72 valence electrons. The molecule has 0 unspecified atom stereocenters. The fraction of sp³-hybridized carbons (Fsp3) is 0.400. The van der Waals surface area contributed by atoms with Crippen LogP contribution in [0.15, 0.2) is 12.1 Å². The molecule has 0 aliphatic heterocycles. The number of aliphatic hydroxyl groups is 1. The summed E-state index contributed by atoms with van der Waals surface area (Å²) in [6.07, 6.45) is 0. The van der Waals surface area contributed by atoms with Crippen LogP contribution < -0.4 is 0 Å². The van der Waals surface area contributed by atoms with E-state index in [9.17, 15) is 5.11 Å². The van der Waals surface area contributed by atoms with E-state index in [1.807, 2.05) is 13.8 Å². The molecule has 0 saturated carbocycles. The molecule has 13 heavy (non-hydrogen) atoms. The highest BCUT2D eigenvalue weighted by molar-refractivity contribution is 6.31. The van der Waals surface area contributed by atoms with Crippen molar-refractivity contribution >= 4 is 11.6 Å². The van der Waals surface area contributed by atoms with Gasteiger partial charge in [-0.3, -0.25) is 0 Å². The predicted octanol–water partition coefficient (Wildman–Crippen LogP) is 2.66. The molecule has 0 amide bonds. The minimum absolute atomic E-state index is 0.107. The van der Waals surface area contributed by atoms with E-state index in [1.54, 1.807) is 12.1 Å². The van der Waals surface area contributed by atoms with Gasteiger partial charge in [0.05, 0.1) is 6.61 Å². The molecule has 0 aromatic heterocycles. The summed E-state index contributed by atoms with van der Waals surface area (Å²) >= 11 is 5.95. The molecule has 0 bridgehead atoms. The zero-order valence-corrected chi connectivity index (χ0v) is 8.47. The molecule has 0 heterocycles. The van der Waals surface area contributed by atoms with Crippen molar-refractivity contribution in [1.29, 1.82) is 0 Å². The Bertz CT molecular complexity index is 308. The topological polar surface area (TPSA) is 40.5 Å². The summed E-state index contributed by atoms with van der Waals surface area (Å²) in [5.74, 6) is 0.377. The second-order valence-corrected chi connectivity index (χ2v) is 3.72. The lowest BCUT2D eigenvalue weighted by molar-refractivity contribution is 0.275. The predicted molar refractivity (Wildman–Crippen MR) is 53.1 cm³/mol. The largest absolute Gasteiger partial charge is 0.508 e. The lowest BCUT2D eigenvalue weighted by Gasteiger charge is -2.10. The molecule has 3 heteroatoms. The monoisotopic (exact) mass is 200 g/mol. The van der Waals surface area contributed by atoms with Gasteiger partial charge in [-0.1, -0.05) is 25.4 Å². The second-order valence-electron chi connectivity index (χ2n) is 3.32. The maximum atomic E-state index is 9.45. The molecule has 1 aromatic carbocycles. The third-order valence-electron chi connectivity index (χ3n) is 1.99. The van der Waals surface area contributed by atoms with Crippen LogP contribution in [0.3, 0.4) is 0 Å². The van der Waals surface area contributed by atoms with Crippen molar-refractivity contribution in [2.24, 2.45) is 0 Å². The highest BCUT2D eigenvalue weighted by atomic mass is 35.5. The Morgan fingerprint density at radius 3 is 2.46 bits per heavy atom. The van der Waals surface area contributed by atoms with E-state index in [1.165, 1.54) is 0 Å². The average molecular weight is 201 g/mol. The van der Waals surface area contributed by atoms with Gasteiger partial charge in [0.15, 0.2) is 0 Å². The summed E-state index contributed by atoms with van der Waals surface area (Å²) in [7, 11) is 0. The van der Waals surface area contributed by atoms with E-state index >= 15 is 0 Å². The van der Waals surface area contributed by atoms with Crippen molar-refractivity contribution in [1.82, 2.24) is 0 Å². The number of halogens is 1. The SMILES string of the molecule is CC(C)c1cc(O)c(CO)cc1Cl. The van der Waals surface area contributed by atoms with Crippen molar-refractivity contribution in [3.63, 3.8) is 0 Å². The maximum absolute atomic E-state index is 9.45. The average Bonchev–Trinajstić information content (AvgIpc) is 2.07. The van der Waals surface area contributed by atoms with E-state index in [-0.39, 0.29) is 18.3 Å². The molecule has 2 nitrogen and oxygen atoms in total. The minimum atomic E-state index is -0.191. The van der Waals surface area contributed by atoms with Gasteiger partial charge in [0.2, 0.25) is 0 Å². The fourth-order valence-electron chi connectivity index (χ4n) is 1.19. The van der Waals surface area contributed by atoms with Crippen LogP contribution >= 0.6 is 11.6 Å². The van der Waals surface area contributed by atoms with Crippen LogP contribution in [0.1, 0.15) is 30.9 Å². The Balaban J connectivity index is 3.20. The molecule has 0 aliphatic rings. The summed E-state index contributed by atoms with van der Waals surface area (Å²) in [5.41, 5.74) is 1.37. The number of benzene rings is 1. The number of aromatic hydroxyl groups is 1. The van der Waals surface area contributed by atoms with E-state index in [0.29, 0.717) is 10.6 Å². The molecule has 1 aromatic rings. The van der Waals surface area contributed by atoms with Crippen molar-refractivity contribution in [2.45, 2.75) is 26.4 Å². The summed E-state index contributed by atoms with van der Waals surface area (Å²) in [6, 6.07) is 3.21. The summed E-state index contributed by atoms with van der Waals surface area (Å²) in [6.45, 7) is 3.81. The normalized spacial score (nSPS) is 10.8. The smallest absolute Gasteiger partial charge is 0.121 e. The number of phenols is 1. The standard InChI is InChI=1S/C10H13ClO2/c1-6(2)8-4-10(13)7(5-12)3-9(8)11/h3-4,6,12-13H,5H2,1-2H3. The van der Waals surface area contributed by atoms with Gasteiger partial charge in [-0.25, -0.2) is 0 Å². The van der Waals surface area contributed by atoms with Crippen molar-refractivity contribution in [3.8, 4) is 5.75 Å². The first-order valence-corrected chi connectivity index (χ1v) is 4.56. The Labute approximate surface area is 82.8 Å². The zero-order valence-electron chi connectivity index (χ0n) is 7.71. The molecule has 1 rings (SSSR count). The van der Waals surface area contributed by atoms with Crippen molar-refractivity contribution in [3.05, 3.63) is 28.3 Å². The number of aliphatic hydroxyl groups excluding tert-OH is 1. The van der Waals surface area contributed by atoms with E-state index < -0.39 is 0 Å². The lowest BCUT2D eigenvalue weighted by atomic mass is 10.0. The van der Waals surface area contributed by atoms with E-state index in [0.717, 1.165) is 5.56 Å². The molecule has 0 spiro atoms. The van der Waals surface area contributed by atoms with Crippen LogP contribution in [0, 0.1) is 0 Å². The van der Waals surface area contributed by atoms with Crippen LogP contribution in [-0.4, -0.2) is 10.2 Å². The highest BCUT2D eigenvalue weighted by Crippen LogP contribution is 2.30. The van der Waals surface area contributed by atoms with Gasteiger partial charge in [0.1, 0.15) is 5.75 Å². The van der Waals surface area contributed by atoms with Crippen LogP contribution in [0.4, 0.5) is 0 Å². The molecular formula is C10H13ClO2. The third kappa shape index (κ3) is 2.14. The Hall–Kier alpha value is -0.730. The third-order valence-corrected chi connectivity index (χ3v) is 2.32. The van der Waals surface area contributed by atoms with Crippen LogP contribution in [0.25, 0.3) is 0 Å². The summed E-state index contributed by atoms with van der Waals surface area (Å²) in [4.78, 5) is 0. The quantitative estimate of drug-likeness (QED) is 0.771. The Kier molecular flexibility index (Phi) is 3.17. The van der Waals surface area contributed by atoms with Gasteiger partial charge in [-0.2, -0.15) is 0 Å². The number of hydrogen-bond acceptors (Lipinski definition) is 2. The fourth-order valence-corrected chi connectivity index (χ4v) is 1.59. The van der Waals surface area contributed by atoms with Gasteiger partial charge in [-0.15, -0.1) is 0 Å². The van der Waals surface area contributed by atoms with Crippen molar-refractivity contribution in [2.75, 3.05) is 0 Å². The first kappa shape index (κ1) is 10.4. The van der Waals surface area contributed by atoms with Crippen LogP contribution in [0.2, 0.25) is 5.02 Å².